The van der Waals surface area contributed by atoms with Crippen molar-refractivity contribution in [3.8, 4) is 0 Å². The third-order valence-electron chi connectivity index (χ3n) is 4.98. The highest BCUT2D eigenvalue weighted by Gasteiger charge is 2.18. The first-order valence-electron chi connectivity index (χ1n) is 9.78. The van der Waals surface area contributed by atoms with Crippen molar-refractivity contribution in [2.75, 3.05) is 0 Å². The highest BCUT2D eigenvalue weighted by atomic mass is 32.1. The Hall–Kier alpha value is -3.00. The van der Waals surface area contributed by atoms with Crippen LogP contribution in [0.15, 0.2) is 46.6 Å². The summed E-state index contributed by atoms with van der Waals surface area (Å²) in [6, 6.07) is 11.7. The highest BCUT2D eigenvalue weighted by Crippen LogP contribution is 2.20. The second-order valence-electron chi connectivity index (χ2n) is 7.04. The Kier molecular flexibility index (Phi) is 5.44. The summed E-state index contributed by atoms with van der Waals surface area (Å²) >= 11 is 1.42. The summed E-state index contributed by atoms with van der Waals surface area (Å²) in [5.41, 5.74) is 1.84. The molecule has 1 amide bonds. The smallest absolute Gasteiger partial charge is 0.272 e. The van der Waals surface area contributed by atoms with E-state index in [1.165, 1.54) is 11.3 Å². The van der Waals surface area contributed by atoms with Gasteiger partial charge in [0.15, 0.2) is 0 Å². The third-order valence-corrected chi connectivity index (χ3v) is 5.87. The van der Waals surface area contributed by atoms with Crippen LogP contribution in [-0.4, -0.2) is 25.1 Å². The molecule has 7 nitrogen and oxygen atoms in total. The Balaban J connectivity index is 1.57. The lowest BCUT2D eigenvalue weighted by Gasteiger charge is -2.14. The second-order valence-corrected chi connectivity index (χ2v) is 7.96. The molecule has 1 N–H and O–H groups in total. The van der Waals surface area contributed by atoms with E-state index in [1.807, 2.05) is 60.0 Å². The molecular formula is C21H23N5O2S. The Bertz CT molecular complexity index is 1210. The van der Waals surface area contributed by atoms with E-state index in [0.717, 1.165) is 17.5 Å². The molecule has 0 unspecified atom stereocenters. The predicted molar refractivity (Wildman–Crippen MR) is 114 cm³/mol. The van der Waals surface area contributed by atoms with Gasteiger partial charge in [0, 0.05) is 19.4 Å². The monoisotopic (exact) mass is 409 g/mol. The molecule has 3 aromatic heterocycles. The van der Waals surface area contributed by atoms with Gasteiger partial charge in [-0.3, -0.25) is 18.6 Å². The molecule has 0 radical (unpaired) electrons. The van der Waals surface area contributed by atoms with Gasteiger partial charge in [-0.25, -0.2) is 0 Å². The Morgan fingerprint density at radius 2 is 2.00 bits per heavy atom. The number of benzene rings is 1. The number of rotatable bonds is 7. The maximum atomic E-state index is 12.8. The van der Waals surface area contributed by atoms with Crippen LogP contribution in [0.3, 0.4) is 0 Å². The van der Waals surface area contributed by atoms with Crippen molar-refractivity contribution < 1.29 is 4.79 Å². The first kappa shape index (κ1) is 19.3. The van der Waals surface area contributed by atoms with Gasteiger partial charge >= 0.3 is 0 Å². The first-order chi connectivity index (χ1) is 14.1. The topological polar surface area (TPSA) is 81.3 Å². The minimum atomic E-state index is -0.0582. The summed E-state index contributed by atoms with van der Waals surface area (Å²) < 4.78 is 4.28. The Morgan fingerprint density at radius 3 is 2.76 bits per heavy atom. The van der Waals surface area contributed by atoms with Crippen molar-refractivity contribution >= 4 is 33.2 Å². The third kappa shape index (κ3) is 3.67. The molecular weight excluding hydrogens is 386 g/mol. The van der Waals surface area contributed by atoms with Crippen LogP contribution in [0.5, 0.6) is 0 Å². The lowest BCUT2D eigenvalue weighted by atomic mass is 10.1. The number of carbonyl (C=O) groups is 1. The quantitative estimate of drug-likeness (QED) is 0.508. The molecule has 1 aromatic carbocycles. The van der Waals surface area contributed by atoms with E-state index in [2.05, 4.69) is 15.5 Å². The van der Waals surface area contributed by atoms with Gasteiger partial charge in [0.05, 0.1) is 11.6 Å². The Labute approximate surface area is 172 Å². The van der Waals surface area contributed by atoms with Crippen molar-refractivity contribution in [2.45, 2.75) is 45.7 Å². The molecule has 0 aliphatic rings. The number of aryl methyl sites for hydroxylation is 2. The predicted octanol–water partition coefficient (Wildman–Crippen LogP) is 3.33. The van der Waals surface area contributed by atoms with E-state index in [0.29, 0.717) is 35.7 Å². The van der Waals surface area contributed by atoms with E-state index in [9.17, 15) is 9.59 Å². The number of fused-ring (bicyclic) bond motifs is 3. The molecule has 0 bridgehead atoms. The standard InChI is InChI=1S/C21H23N5O2S/c1-3-12-25-20(28)19-16(11-13-29-19)26-17(23-24-21(25)26)9-10-18(27)22-14(2)15-7-5-4-6-8-15/h4-8,11,13-14H,3,9-10,12H2,1-2H3,(H,22,27)/t14-/m1/s1. The maximum absolute atomic E-state index is 12.8. The molecule has 0 fully saturated rings. The summed E-state index contributed by atoms with van der Waals surface area (Å²) in [5, 5.41) is 13.5. The van der Waals surface area contributed by atoms with E-state index in [1.54, 1.807) is 4.57 Å². The van der Waals surface area contributed by atoms with Crippen LogP contribution < -0.4 is 10.9 Å². The van der Waals surface area contributed by atoms with Crippen LogP contribution in [0.1, 0.15) is 44.1 Å². The molecule has 3 heterocycles. The number of amides is 1. The molecule has 150 valence electrons. The van der Waals surface area contributed by atoms with E-state index in [4.69, 9.17) is 0 Å². The van der Waals surface area contributed by atoms with Crippen LogP contribution in [0.2, 0.25) is 0 Å². The summed E-state index contributed by atoms with van der Waals surface area (Å²) in [5.74, 6) is 1.19. The zero-order valence-corrected chi connectivity index (χ0v) is 17.3. The number of thiophene rings is 1. The van der Waals surface area contributed by atoms with Gasteiger partial charge in [-0.15, -0.1) is 21.5 Å². The van der Waals surface area contributed by atoms with Crippen LogP contribution in [0.4, 0.5) is 0 Å². The van der Waals surface area contributed by atoms with Crippen molar-refractivity contribution in [2.24, 2.45) is 0 Å². The van der Waals surface area contributed by atoms with Gasteiger partial charge in [-0.05, 0) is 30.4 Å². The van der Waals surface area contributed by atoms with Crippen molar-refractivity contribution in [3.05, 3.63) is 63.5 Å². The van der Waals surface area contributed by atoms with Crippen molar-refractivity contribution in [1.82, 2.24) is 24.5 Å². The van der Waals surface area contributed by atoms with Crippen LogP contribution in [0, 0.1) is 0 Å². The van der Waals surface area contributed by atoms with E-state index >= 15 is 0 Å². The fourth-order valence-corrected chi connectivity index (χ4v) is 4.36. The molecule has 0 aliphatic heterocycles. The fourth-order valence-electron chi connectivity index (χ4n) is 3.53. The van der Waals surface area contributed by atoms with Gasteiger partial charge < -0.3 is 5.32 Å². The highest BCUT2D eigenvalue weighted by molar-refractivity contribution is 7.17. The maximum Gasteiger partial charge on any atom is 0.272 e. The average molecular weight is 410 g/mol. The minimum Gasteiger partial charge on any atom is -0.350 e. The van der Waals surface area contributed by atoms with Gasteiger partial charge in [0.25, 0.3) is 5.56 Å². The normalized spacial score (nSPS) is 12.5. The summed E-state index contributed by atoms with van der Waals surface area (Å²) in [4.78, 5) is 25.2. The molecule has 29 heavy (non-hydrogen) atoms. The number of hydrogen-bond donors (Lipinski definition) is 1. The number of nitrogens with one attached hydrogen (secondary N) is 1. The zero-order chi connectivity index (χ0) is 20.4. The van der Waals surface area contributed by atoms with E-state index in [-0.39, 0.29) is 17.5 Å². The summed E-state index contributed by atoms with van der Waals surface area (Å²) in [7, 11) is 0. The lowest BCUT2D eigenvalue weighted by Crippen LogP contribution is -2.27. The molecule has 4 rings (SSSR count). The zero-order valence-electron chi connectivity index (χ0n) is 16.5. The van der Waals surface area contributed by atoms with Gasteiger partial charge in [-0.1, -0.05) is 37.3 Å². The second kappa shape index (κ2) is 8.16. The number of nitrogens with zero attached hydrogens (tertiary/aromatic N) is 4. The fraction of sp³-hybridized carbons (Fsp3) is 0.333. The molecule has 0 saturated heterocycles. The number of carbonyl (C=O) groups excluding carboxylic acids is 1. The molecule has 8 heteroatoms. The van der Waals surface area contributed by atoms with Crippen molar-refractivity contribution in [3.63, 3.8) is 0 Å². The first-order valence-corrected chi connectivity index (χ1v) is 10.7. The summed E-state index contributed by atoms with van der Waals surface area (Å²) in [6.07, 6.45) is 1.58. The SMILES string of the molecule is CCCn1c(=O)c2sccc2n2c(CCC(=O)N[C@H](C)c3ccccc3)nnc12. The molecule has 0 spiro atoms. The lowest BCUT2D eigenvalue weighted by molar-refractivity contribution is -0.121. The molecule has 4 aromatic rings. The van der Waals surface area contributed by atoms with Crippen LogP contribution in [0.25, 0.3) is 16.0 Å². The van der Waals surface area contributed by atoms with Crippen molar-refractivity contribution in [1.29, 1.82) is 0 Å². The minimum absolute atomic E-state index is 0.0299. The Morgan fingerprint density at radius 1 is 1.21 bits per heavy atom. The number of aromatic nitrogens is 4. The van der Waals surface area contributed by atoms with E-state index < -0.39 is 0 Å². The summed E-state index contributed by atoms with van der Waals surface area (Å²) in [6.45, 7) is 4.58. The molecule has 0 aliphatic carbocycles. The van der Waals surface area contributed by atoms with Gasteiger partial charge in [0.2, 0.25) is 11.7 Å². The van der Waals surface area contributed by atoms with Crippen LogP contribution >= 0.6 is 11.3 Å². The average Bonchev–Trinajstić information content (AvgIpc) is 3.37. The molecule has 1 atom stereocenters. The largest absolute Gasteiger partial charge is 0.350 e. The van der Waals surface area contributed by atoms with Gasteiger partial charge in [0.1, 0.15) is 10.5 Å². The van der Waals surface area contributed by atoms with Gasteiger partial charge in [-0.2, -0.15) is 0 Å². The van der Waals surface area contributed by atoms with Crippen LogP contribution in [-0.2, 0) is 17.8 Å². The molecule has 0 saturated carbocycles. The number of hydrogen-bond acceptors (Lipinski definition) is 5.